The van der Waals surface area contributed by atoms with Crippen LogP contribution < -0.4 is 10.6 Å². The summed E-state index contributed by atoms with van der Waals surface area (Å²) in [5.41, 5.74) is 6.23. The number of carbonyl (C=O) groups is 1. The molecule has 4 nitrogen and oxygen atoms in total. The molecular formula is C21H24N2O2. The Morgan fingerprint density at radius 1 is 1.20 bits per heavy atom. The normalized spacial score (nSPS) is 21.0. The molecule has 130 valence electrons. The van der Waals surface area contributed by atoms with Crippen LogP contribution in [0, 0.1) is 0 Å². The molecule has 0 unspecified atom stereocenters. The maximum Gasteiger partial charge on any atom is 0.407 e. The van der Waals surface area contributed by atoms with E-state index in [1.807, 2.05) is 30.3 Å². The second-order valence-electron chi connectivity index (χ2n) is 7.10. The van der Waals surface area contributed by atoms with E-state index in [2.05, 4.69) is 29.7 Å². The first kappa shape index (κ1) is 16.0. The lowest BCUT2D eigenvalue weighted by molar-refractivity contribution is 0.134. The number of fused-ring (bicyclic) bond motifs is 2. The van der Waals surface area contributed by atoms with Crippen LogP contribution in [0.3, 0.4) is 0 Å². The Morgan fingerprint density at radius 3 is 2.76 bits per heavy atom. The zero-order valence-corrected chi connectivity index (χ0v) is 14.5. The average molecular weight is 336 g/mol. The van der Waals surface area contributed by atoms with E-state index in [4.69, 9.17) is 4.74 Å². The van der Waals surface area contributed by atoms with E-state index in [1.165, 1.54) is 23.1 Å². The standard InChI is InChI=1S/C21H24N2O2/c1-14-10-19(23-21(24)25-13-15-6-3-2-4-7-15)18-11-16-8-5-9-17(16)12-20(18)22-14/h2-4,6-7,11-12,14,19,22H,5,8-10,13H2,1H3,(H,23,24)/t14-,19+/m1/s1. The Morgan fingerprint density at radius 2 is 1.96 bits per heavy atom. The molecule has 4 heteroatoms. The number of carbonyl (C=O) groups excluding carboxylic acids is 1. The molecule has 2 N–H and O–H groups in total. The van der Waals surface area contributed by atoms with Gasteiger partial charge in [0.1, 0.15) is 6.61 Å². The number of ether oxygens (including phenoxy) is 1. The predicted molar refractivity (Wildman–Crippen MR) is 98.7 cm³/mol. The van der Waals surface area contributed by atoms with Crippen molar-refractivity contribution in [3.05, 3.63) is 64.7 Å². The summed E-state index contributed by atoms with van der Waals surface area (Å²) in [4.78, 5) is 12.3. The lowest BCUT2D eigenvalue weighted by atomic mass is 9.91. The third kappa shape index (κ3) is 3.48. The highest BCUT2D eigenvalue weighted by molar-refractivity contribution is 5.70. The summed E-state index contributed by atoms with van der Waals surface area (Å²) in [6.07, 6.45) is 4.05. The summed E-state index contributed by atoms with van der Waals surface area (Å²) >= 11 is 0. The molecule has 0 saturated heterocycles. The summed E-state index contributed by atoms with van der Waals surface area (Å²) in [6, 6.07) is 14.6. The molecule has 0 saturated carbocycles. The SMILES string of the molecule is C[C@@H]1C[C@H](NC(=O)OCc2ccccc2)c2cc3c(cc2N1)CCC3. The number of alkyl carbamates (subject to hydrolysis) is 1. The number of hydrogen-bond acceptors (Lipinski definition) is 3. The van der Waals surface area contributed by atoms with Crippen molar-refractivity contribution in [1.29, 1.82) is 0 Å². The molecule has 0 radical (unpaired) electrons. The van der Waals surface area contributed by atoms with Crippen molar-refractivity contribution in [3.63, 3.8) is 0 Å². The lowest BCUT2D eigenvalue weighted by Gasteiger charge is -2.32. The Bertz CT molecular complexity index is 773. The van der Waals surface area contributed by atoms with E-state index < -0.39 is 0 Å². The molecule has 0 fully saturated rings. The van der Waals surface area contributed by atoms with Gasteiger partial charge in [-0.15, -0.1) is 0 Å². The van der Waals surface area contributed by atoms with Gasteiger partial charge in [-0.1, -0.05) is 36.4 Å². The highest BCUT2D eigenvalue weighted by Gasteiger charge is 2.28. The van der Waals surface area contributed by atoms with Crippen molar-refractivity contribution in [3.8, 4) is 0 Å². The van der Waals surface area contributed by atoms with Gasteiger partial charge in [0, 0.05) is 11.7 Å². The summed E-state index contributed by atoms with van der Waals surface area (Å²) in [5, 5.41) is 6.62. The van der Waals surface area contributed by atoms with Gasteiger partial charge in [0.25, 0.3) is 0 Å². The van der Waals surface area contributed by atoms with Crippen LogP contribution in [0.1, 0.15) is 48.1 Å². The second-order valence-corrected chi connectivity index (χ2v) is 7.10. The first-order chi connectivity index (χ1) is 12.2. The predicted octanol–water partition coefficient (Wildman–Crippen LogP) is 4.35. The molecular weight excluding hydrogens is 312 g/mol. The summed E-state index contributed by atoms with van der Waals surface area (Å²) in [7, 11) is 0. The molecule has 2 aliphatic rings. The van der Waals surface area contributed by atoms with Crippen molar-refractivity contribution in [2.45, 2.75) is 51.3 Å². The fraction of sp³-hybridized carbons (Fsp3) is 0.381. The second kappa shape index (κ2) is 6.79. The van der Waals surface area contributed by atoms with Crippen LogP contribution in [0.5, 0.6) is 0 Å². The average Bonchev–Trinajstić information content (AvgIpc) is 3.06. The summed E-state index contributed by atoms with van der Waals surface area (Å²) in [5.74, 6) is 0. The largest absolute Gasteiger partial charge is 0.445 e. The third-order valence-corrected chi connectivity index (χ3v) is 5.14. The molecule has 1 aliphatic heterocycles. The van der Waals surface area contributed by atoms with Crippen molar-refractivity contribution in [1.82, 2.24) is 5.32 Å². The van der Waals surface area contributed by atoms with E-state index >= 15 is 0 Å². The molecule has 2 aromatic carbocycles. The fourth-order valence-corrected chi connectivity index (χ4v) is 3.91. The summed E-state index contributed by atoms with van der Waals surface area (Å²) in [6.45, 7) is 2.45. The zero-order valence-electron chi connectivity index (χ0n) is 14.5. The lowest BCUT2D eigenvalue weighted by Crippen LogP contribution is -2.36. The van der Waals surface area contributed by atoms with Gasteiger partial charge >= 0.3 is 6.09 Å². The number of aryl methyl sites for hydroxylation is 2. The monoisotopic (exact) mass is 336 g/mol. The Hall–Kier alpha value is -2.49. The first-order valence-corrected chi connectivity index (χ1v) is 9.08. The molecule has 2 atom stereocenters. The highest BCUT2D eigenvalue weighted by atomic mass is 16.5. The molecule has 0 bridgehead atoms. The molecule has 25 heavy (non-hydrogen) atoms. The third-order valence-electron chi connectivity index (χ3n) is 5.14. The molecule has 1 amide bonds. The van der Waals surface area contributed by atoms with Gasteiger partial charge < -0.3 is 15.4 Å². The number of benzene rings is 2. The van der Waals surface area contributed by atoms with Crippen LogP contribution >= 0.6 is 0 Å². The highest BCUT2D eigenvalue weighted by Crippen LogP contribution is 2.37. The summed E-state index contributed by atoms with van der Waals surface area (Å²) < 4.78 is 5.40. The quantitative estimate of drug-likeness (QED) is 0.876. The number of nitrogens with one attached hydrogen (secondary N) is 2. The first-order valence-electron chi connectivity index (χ1n) is 9.08. The van der Waals surface area contributed by atoms with Gasteiger partial charge in [0.15, 0.2) is 0 Å². The van der Waals surface area contributed by atoms with Crippen molar-refractivity contribution in [2.24, 2.45) is 0 Å². The zero-order chi connectivity index (χ0) is 17.2. The van der Waals surface area contributed by atoms with Gasteiger partial charge in [-0.25, -0.2) is 4.79 Å². The van der Waals surface area contributed by atoms with Gasteiger partial charge in [-0.2, -0.15) is 0 Å². The van der Waals surface area contributed by atoms with Gasteiger partial charge in [-0.3, -0.25) is 0 Å². The van der Waals surface area contributed by atoms with E-state index in [-0.39, 0.29) is 12.1 Å². The number of amides is 1. The minimum Gasteiger partial charge on any atom is -0.445 e. The fourth-order valence-electron chi connectivity index (χ4n) is 3.91. The van der Waals surface area contributed by atoms with Crippen LogP contribution in [0.4, 0.5) is 10.5 Å². The molecule has 1 heterocycles. The number of anilines is 1. The van der Waals surface area contributed by atoms with Crippen LogP contribution in [0.15, 0.2) is 42.5 Å². The molecule has 1 aliphatic carbocycles. The van der Waals surface area contributed by atoms with Gasteiger partial charge in [-0.05, 0) is 60.9 Å². The molecule has 0 spiro atoms. The van der Waals surface area contributed by atoms with E-state index in [0.717, 1.165) is 30.5 Å². The van der Waals surface area contributed by atoms with Crippen LogP contribution in [0.2, 0.25) is 0 Å². The molecule has 2 aromatic rings. The van der Waals surface area contributed by atoms with E-state index in [1.54, 1.807) is 0 Å². The maximum atomic E-state index is 12.3. The van der Waals surface area contributed by atoms with E-state index in [9.17, 15) is 4.79 Å². The Kier molecular flexibility index (Phi) is 4.35. The van der Waals surface area contributed by atoms with Gasteiger partial charge in [0.05, 0.1) is 6.04 Å². The minimum absolute atomic E-state index is 0.000392. The molecule has 0 aromatic heterocycles. The smallest absolute Gasteiger partial charge is 0.407 e. The number of hydrogen-bond donors (Lipinski definition) is 2. The Balaban J connectivity index is 1.46. The van der Waals surface area contributed by atoms with Crippen molar-refractivity contribution < 1.29 is 9.53 Å². The topological polar surface area (TPSA) is 50.4 Å². The van der Waals surface area contributed by atoms with Crippen LogP contribution in [-0.4, -0.2) is 12.1 Å². The van der Waals surface area contributed by atoms with Crippen molar-refractivity contribution >= 4 is 11.8 Å². The van der Waals surface area contributed by atoms with Gasteiger partial charge in [0.2, 0.25) is 0 Å². The Labute approximate surface area is 148 Å². The van der Waals surface area contributed by atoms with Crippen molar-refractivity contribution in [2.75, 3.05) is 5.32 Å². The van der Waals surface area contributed by atoms with Crippen LogP contribution in [-0.2, 0) is 24.2 Å². The minimum atomic E-state index is -0.352. The molecule has 4 rings (SSSR count). The number of rotatable bonds is 3. The maximum absolute atomic E-state index is 12.3. The van der Waals surface area contributed by atoms with Crippen LogP contribution in [0.25, 0.3) is 0 Å². The van der Waals surface area contributed by atoms with E-state index in [0.29, 0.717) is 12.6 Å².